The van der Waals surface area contributed by atoms with Crippen molar-refractivity contribution in [2.75, 3.05) is 17.7 Å². The normalized spacial score (nSPS) is 12.0. The summed E-state index contributed by atoms with van der Waals surface area (Å²) < 4.78 is 21.9. The van der Waals surface area contributed by atoms with Crippen molar-refractivity contribution in [3.63, 3.8) is 0 Å². The van der Waals surface area contributed by atoms with Gasteiger partial charge in [0.25, 0.3) is 0 Å². The molecular weight excluding hydrogens is 293 g/mol. The summed E-state index contributed by atoms with van der Waals surface area (Å²) in [6.45, 7) is 3.89. The van der Waals surface area contributed by atoms with Gasteiger partial charge in [-0.25, -0.2) is 9.18 Å². The minimum Gasteiger partial charge on any atom is -0.462 e. The Hall–Kier alpha value is -2.15. The lowest BCUT2D eigenvalue weighted by molar-refractivity contribution is 0.0529. The molecule has 1 aromatic heterocycles. The monoisotopic (exact) mass is 309 g/mol. The molecule has 0 amide bonds. The molecule has 0 aliphatic heterocycles. The molecule has 0 radical (unpaired) electrons. The fraction of sp³-hybridized carbons (Fsp3) is 0.286. The summed E-state index contributed by atoms with van der Waals surface area (Å²) in [5.74, 6) is -0.648. The van der Waals surface area contributed by atoms with Crippen molar-refractivity contribution >= 4 is 28.3 Å². The van der Waals surface area contributed by atoms with Gasteiger partial charge in [0.2, 0.25) is 0 Å². The van der Waals surface area contributed by atoms with Crippen LogP contribution in [0.2, 0.25) is 0 Å². The van der Waals surface area contributed by atoms with Crippen molar-refractivity contribution in [2.24, 2.45) is 0 Å². The van der Waals surface area contributed by atoms with E-state index in [1.165, 1.54) is 12.1 Å². The second-order valence-electron chi connectivity index (χ2n) is 4.41. The van der Waals surface area contributed by atoms with Crippen LogP contribution >= 0.6 is 11.5 Å². The largest absolute Gasteiger partial charge is 0.462 e. The Morgan fingerprint density at radius 2 is 2.14 bits per heavy atom. The second-order valence-corrected chi connectivity index (χ2v) is 5.18. The van der Waals surface area contributed by atoms with Gasteiger partial charge in [0.15, 0.2) is 5.82 Å². The molecule has 1 heterocycles. The molecule has 2 aromatic rings. The lowest BCUT2D eigenvalue weighted by Gasteiger charge is -2.15. The molecule has 2 rings (SSSR count). The van der Waals surface area contributed by atoms with Crippen LogP contribution in [0, 0.1) is 5.82 Å². The van der Waals surface area contributed by atoms with Gasteiger partial charge in [0, 0.05) is 6.04 Å². The first-order chi connectivity index (χ1) is 10.0. The van der Waals surface area contributed by atoms with E-state index in [1.54, 1.807) is 19.1 Å². The lowest BCUT2D eigenvalue weighted by Crippen LogP contribution is -2.12. The maximum absolute atomic E-state index is 12.9. The molecule has 0 saturated carbocycles. The van der Waals surface area contributed by atoms with E-state index >= 15 is 0 Å². The number of benzene rings is 1. The van der Waals surface area contributed by atoms with Gasteiger partial charge in [-0.1, -0.05) is 12.1 Å². The van der Waals surface area contributed by atoms with Gasteiger partial charge in [0.05, 0.1) is 6.61 Å². The van der Waals surface area contributed by atoms with Gasteiger partial charge in [-0.05, 0) is 43.1 Å². The molecule has 0 aliphatic rings. The number of nitrogens with two attached hydrogens (primary N) is 1. The number of esters is 1. The smallest absolute Gasteiger partial charge is 0.344 e. The molecule has 112 valence electrons. The van der Waals surface area contributed by atoms with Crippen molar-refractivity contribution in [2.45, 2.75) is 19.9 Å². The Labute approximate surface area is 126 Å². The average molecular weight is 309 g/mol. The SMILES string of the molecule is CCOC(=O)c1c(N)nsc1NC(C)c1ccc(F)cc1. The van der Waals surface area contributed by atoms with Gasteiger partial charge in [0.1, 0.15) is 16.4 Å². The highest BCUT2D eigenvalue weighted by Crippen LogP contribution is 2.31. The highest BCUT2D eigenvalue weighted by atomic mass is 32.1. The van der Waals surface area contributed by atoms with Crippen LogP contribution in [0.15, 0.2) is 24.3 Å². The Bertz CT molecular complexity index is 628. The first kappa shape index (κ1) is 15.2. The van der Waals surface area contributed by atoms with Crippen LogP contribution in [0.1, 0.15) is 35.8 Å². The first-order valence-corrected chi connectivity index (χ1v) is 7.24. The maximum Gasteiger partial charge on any atom is 0.344 e. The number of hydrogen-bond donors (Lipinski definition) is 2. The average Bonchev–Trinajstić information content (AvgIpc) is 2.80. The Morgan fingerprint density at radius 3 is 2.76 bits per heavy atom. The zero-order chi connectivity index (χ0) is 15.4. The number of aromatic nitrogens is 1. The predicted molar refractivity (Wildman–Crippen MR) is 80.9 cm³/mol. The van der Waals surface area contributed by atoms with Crippen molar-refractivity contribution in [3.05, 3.63) is 41.2 Å². The van der Waals surface area contributed by atoms with Gasteiger partial charge in [-0.15, -0.1) is 0 Å². The molecular formula is C14H16FN3O2S. The van der Waals surface area contributed by atoms with E-state index in [0.29, 0.717) is 5.00 Å². The third-order valence-electron chi connectivity index (χ3n) is 2.92. The summed E-state index contributed by atoms with van der Waals surface area (Å²) in [6.07, 6.45) is 0. The molecule has 0 aliphatic carbocycles. The number of carbonyl (C=O) groups is 1. The molecule has 1 atom stereocenters. The molecule has 21 heavy (non-hydrogen) atoms. The predicted octanol–water partition coefficient (Wildman–Crippen LogP) is 3.21. The fourth-order valence-electron chi connectivity index (χ4n) is 1.83. The molecule has 7 heteroatoms. The Morgan fingerprint density at radius 1 is 1.48 bits per heavy atom. The number of carbonyl (C=O) groups excluding carboxylic acids is 1. The molecule has 0 saturated heterocycles. The molecule has 1 aromatic carbocycles. The zero-order valence-electron chi connectivity index (χ0n) is 11.7. The zero-order valence-corrected chi connectivity index (χ0v) is 12.5. The van der Waals surface area contributed by atoms with Crippen LogP contribution in [0.3, 0.4) is 0 Å². The van der Waals surface area contributed by atoms with Crippen molar-refractivity contribution < 1.29 is 13.9 Å². The number of rotatable bonds is 5. The quantitative estimate of drug-likeness (QED) is 0.829. The number of halogens is 1. The number of nitrogens with zero attached hydrogens (tertiary/aromatic N) is 1. The van der Waals surface area contributed by atoms with Crippen molar-refractivity contribution in [3.8, 4) is 0 Å². The molecule has 3 N–H and O–H groups in total. The van der Waals surface area contributed by atoms with E-state index in [0.717, 1.165) is 17.1 Å². The Balaban J connectivity index is 2.19. The van der Waals surface area contributed by atoms with Gasteiger partial charge in [-0.2, -0.15) is 4.37 Å². The summed E-state index contributed by atoms with van der Waals surface area (Å²) in [7, 11) is 0. The van der Waals surface area contributed by atoms with E-state index in [2.05, 4.69) is 9.69 Å². The Kier molecular flexibility index (Phi) is 4.74. The van der Waals surface area contributed by atoms with E-state index in [4.69, 9.17) is 10.5 Å². The van der Waals surface area contributed by atoms with Crippen LogP contribution in [0.4, 0.5) is 15.2 Å². The van der Waals surface area contributed by atoms with Gasteiger partial charge < -0.3 is 15.8 Å². The van der Waals surface area contributed by atoms with Gasteiger partial charge >= 0.3 is 5.97 Å². The van der Waals surface area contributed by atoms with Crippen molar-refractivity contribution in [1.29, 1.82) is 0 Å². The third kappa shape index (κ3) is 3.49. The summed E-state index contributed by atoms with van der Waals surface area (Å²) in [6, 6.07) is 6.02. The fourth-order valence-corrected chi connectivity index (χ4v) is 2.62. The third-order valence-corrected chi connectivity index (χ3v) is 3.71. The van der Waals surface area contributed by atoms with Crippen LogP contribution in [-0.4, -0.2) is 16.9 Å². The lowest BCUT2D eigenvalue weighted by atomic mass is 10.1. The van der Waals surface area contributed by atoms with E-state index in [9.17, 15) is 9.18 Å². The summed E-state index contributed by atoms with van der Waals surface area (Å²) in [5.41, 5.74) is 6.85. The number of hydrogen-bond acceptors (Lipinski definition) is 6. The highest BCUT2D eigenvalue weighted by molar-refractivity contribution is 7.11. The number of nitrogens with one attached hydrogen (secondary N) is 1. The molecule has 5 nitrogen and oxygen atoms in total. The van der Waals surface area contributed by atoms with Crippen LogP contribution in [0.25, 0.3) is 0 Å². The van der Waals surface area contributed by atoms with E-state index < -0.39 is 5.97 Å². The highest BCUT2D eigenvalue weighted by Gasteiger charge is 2.21. The summed E-state index contributed by atoms with van der Waals surface area (Å²) >= 11 is 1.10. The molecule has 0 fully saturated rings. The summed E-state index contributed by atoms with van der Waals surface area (Å²) in [4.78, 5) is 11.9. The second kappa shape index (κ2) is 6.53. The van der Waals surface area contributed by atoms with E-state index in [-0.39, 0.29) is 29.8 Å². The minimum atomic E-state index is -0.502. The topological polar surface area (TPSA) is 77.2 Å². The van der Waals surface area contributed by atoms with Crippen LogP contribution in [0.5, 0.6) is 0 Å². The summed E-state index contributed by atoms with van der Waals surface area (Å²) in [5, 5.41) is 3.70. The number of anilines is 2. The van der Waals surface area contributed by atoms with Crippen molar-refractivity contribution in [1.82, 2.24) is 4.37 Å². The number of ether oxygens (including phenoxy) is 1. The molecule has 1 unspecified atom stereocenters. The van der Waals surface area contributed by atoms with Gasteiger partial charge in [-0.3, -0.25) is 0 Å². The minimum absolute atomic E-state index is 0.126. The van der Waals surface area contributed by atoms with Crippen LogP contribution in [-0.2, 0) is 4.74 Å². The molecule has 0 bridgehead atoms. The van der Waals surface area contributed by atoms with Crippen LogP contribution < -0.4 is 11.1 Å². The number of nitrogen functional groups attached to an aromatic ring is 1. The van der Waals surface area contributed by atoms with E-state index in [1.807, 2.05) is 6.92 Å². The first-order valence-electron chi connectivity index (χ1n) is 6.47. The maximum atomic E-state index is 12.9. The molecule has 0 spiro atoms. The standard InChI is InChI=1S/C14H16FN3O2S/c1-3-20-14(19)11-12(16)18-21-13(11)17-8(2)9-4-6-10(15)7-5-9/h4-8,17H,3H2,1-2H3,(H2,16,18).